The topological polar surface area (TPSA) is 80.0 Å². The molecule has 1 aliphatic carbocycles. The molecule has 0 bridgehead atoms. The summed E-state index contributed by atoms with van der Waals surface area (Å²) in [6.07, 6.45) is 5.90. The average molecular weight is 589 g/mol. The van der Waals surface area contributed by atoms with Crippen LogP contribution in [-0.4, -0.2) is 25.5 Å². The lowest BCUT2D eigenvalue weighted by Gasteiger charge is -2.25. The second-order valence-corrected chi connectivity index (χ2v) is 11.9. The molecule has 45 heavy (non-hydrogen) atoms. The fraction of sp³-hybridized carbons (Fsp3) is 0.154. The van der Waals surface area contributed by atoms with Crippen molar-refractivity contribution in [3.8, 4) is 28.4 Å². The third-order valence-electron chi connectivity index (χ3n) is 9.02. The van der Waals surface area contributed by atoms with E-state index in [1.165, 1.54) is 19.3 Å². The fourth-order valence-electron chi connectivity index (χ4n) is 6.75. The third kappa shape index (κ3) is 5.08. The number of imidazole rings is 1. The molecule has 0 spiro atoms. The summed E-state index contributed by atoms with van der Waals surface area (Å²) in [5, 5.41) is 15.9. The molecule has 1 amide bonds. The number of nitrogens with zero attached hydrogens (tertiary/aromatic N) is 3. The van der Waals surface area contributed by atoms with E-state index in [4.69, 9.17) is 9.97 Å². The molecule has 0 radical (unpaired) electrons. The van der Waals surface area contributed by atoms with Crippen LogP contribution in [0.2, 0.25) is 0 Å². The molecular formula is C39H32N4O2. The Hall–Kier alpha value is -5.49. The molecule has 1 aliphatic rings. The van der Waals surface area contributed by atoms with E-state index in [9.17, 15) is 9.90 Å². The number of amides is 1. The maximum atomic E-state index is 13.5. The second kappa shape index (κ2) is 11.2. The number of carbonyl (C=O) groups is 1. The Labute approximate surface area is 261 Å². The number of pyridine rings is 1. The third-order valence-corrected chi connectivity index (χ3v) is 9.02. The molecule has 1 saturated carbocycles. The Kier molecular flexibility index (Phi) is 6.75. The van der Waals surface area contributed by atoms with Crippen LogP contribution in [0.4, 0.5) is 5.69 Å². The number of hydrogen-bond acceptors (Lipinski definition) is 4. The van der Waals surface area contributed by atoms with Gasteiger partial charge in [-0.25, -0.2) is 9.97 Å². The highest BCUT2D eigenvalue weighted by molar-refractivity contribution is 6.10. The van der Waals surface area contributed by atoms with E-state index in [1.54, 1.807) is 12.1 Å². The number of nitrogens with one attached hydrogen (secondary N) is 1. The maximum Gasteiger partial charge on any atom is 0.255 e. The van der Waals surface area contributed by atoms with Gasteiger partial charge in [-0.2, -0.15) is 0 Å². The van der Waals surface area contributed by atoms with Crippen LogP contribution in [0.3, 0.4) is 0 Å². The van der Waals surface area contributed by atoms with Crippen LogP contribution < -0.4 is 5.32 Å². The van der Waals surface area contributed by atoms with Crippen LogP contribution in [0.15, 0.2) is 115 Å². The molecule has 0 aliphatic heterocycles. The van der Waals surface area contributed by atoms with Crippen molar-refractivity contribution in [3.05, 3.63) is 121 Å². The van der Waals surface area contributed by atoms with Crippen molar-refractivity contribution in [2.45, 2.75) is 38.1 Å². The Morgan fingerprint density at radius 3 is 2.42 bits per heavy atom. The quantitative estimate of drug-likeness (QED) is 0.210. The molecule has 6 nitrogen and oxygen atoms in total. The van der Waals surface area contributed by atoms with Crippen molar-refractivity contribution in [1.82, 2.24) is 14.5 Å². The minimum atomic E-state index is -0.215. The normalized spacial score (nSPS) is 13.9. The van der Waals surface area contributed by atoms with Gasteiger partial charge in [0.2, 0.25) is 0 Å². The van der Waals surface area contributed by atoms with Crippen molar-refractivity contribution in [2.24, 2.45) is 0 Å². The molecule has 2 N–H and O–H groups in total. The summed E-state index contributed by atoms with van der Waals surface area (Å²) in [4.78, 5) is 23.6. The SMILES string of the molecule is O=C(Nc1cccc2ccc(O)cc12)c1ccc2c(c1)nc(-c1ccc3nc(-c4ccccc4)ccc3c1)n2C1CCCCC1. The van der Waals surface area contributed by atoms with Crippen LogP contribution in [-0.2, 0) is 0 Å². The Morgan fingerprint density at radius 1 is 0.711 bits per heavy atom. The van der Waals surface area contributed by atoms with Crippen molar-refractivity contribution in [3.63, 3.8) is 0 Å². The van der Waals surface area contributed by atoms with E-state index in [2.05, 4.69) is 52.3 Å². The van der Waals surface area contributed by atoms with Crippen LogP contribution >= 0.6 is 0 Å². The van der Waals surface area contributed by atoms with Crippen LogP contribution in [0.1, 0.15) is 48.5 Å². The maximum absolute atomic E-state index is 13.5. The number of anilines is 1. The molecule has 0 unspecified atom stereocenters. The van der Waals surface area contributed by atoms with Gasteiger partial charge < -0.3 is 15.0 Å². The highest BCUT2D eigenvalue weighted by Gasteiger charge is 2.23. The zero-order valence-corrected chi connectivity index (χ0v) is 24.8. The van der Waals surface area contributed by atoms with E-state index in [-0.39, 0.29) is 11.7 Å². The lowest BCUT2D eigenvalue weighted by Crippen LogP contribution is -2.14. The summed E-state index contributed by atoms with van der Waals surface area (Å²) < 4.78 is 2.40. The highest BCUT2D eigenvalue weighted by atomic mass is 16.3. The number of hydrogen-bond donors (Lipinski definition) is 2. The Morgan fingerprint density at radius 2 is 1.56 bits per heavy atom. The second-order valence-electron chi connectivity index (χ2n) is 11.9. The van der Waals surface area contributed by atoms with Gasteiger partial charge in [0.25, 0.3) is 5.91 Å². The minimum Gasteiger partial charge on any atom is -0.508 e. The number of fused-ring (bicyclic) bond motifs is 3. The first kappa shape index (κ1) is 27.1. The number of aromatic nitrogens is 3. The van der Waals surface area contributed by atoms with Crippen LogP contribution in [0.25, 0.3) is 55.4 Å². The van der Waals surface area contributed by atoms with Gasteiger partial charge in [0.05, 0.1) is 22.2 Å². The first-order valence-electron chi connectivity index (χ1n) is 15.6. The monoisotopic (exact) mass is 588 g/mol. The van der Waals surface area contributed by atoms with Gasteiger partial charge in [0.15, 0.2) is 0 Å². The van der Waals surface area contributed by atoms with E-state index in [1.807, 2.05) is 60.7 Å². The largest absolute Gasteiger partial charge is 0.508 e. The van der Waals surface area contributed by atoms with Gasteiger partial charge in [-0.1, -0.05) is 73.9 Å². The van der Waals surface area contributed by atoms with E-state index >= 15 is 0 Å². The summed E-state index contributed by atoms with van der Waals surface area (Å²) in [7, 11) is 0. The summed E-state index contributed by atoms with van der Waals surface area (Å²) >= 11 is 0. The summed E-state index contributed by atoms with van der Waals surface area (Å²) in [6.45, 7) is 0. The summed E-state index contributed by atoms with van der Waals surface area (Å²) in [5.74, 6) is 0.869. The zero-order valence-electron chi connectivity index (χ0n) is 24.8. The van der Waals surface area contributed by atoms with Gasteiger partial charge in [-0.05, 0) is 78.9 Å². The summed E-state index contributed by atoms with van der Waals surface area (Å²) in [5.41, 5.74) is 7.08. The summed E-state index contributed by atoms with van der Waals surface area (Å²) in [6, 6.07) is 37.9. The number of carbonyl (C=O) groups excluding carboxylic acids is 1. The lowest BCUT2D eigenvalue weighted by molar-refractivity contribution is 0.102. The van der Waals surface area contributed by atoms with Gasteiger partial charge >= 0.3 is 0 Å². The predicted octanol–water partition coefficient (Wildman–Crippen LogP) is 9.53. The Bertz CT molecular complexity index is 2210. The fourth-order valence-corrected chi connectivity index (χ4v) is 6.75. The van der Waals surface area contributed by atoms with E-state index < -0.39 is 0 Å². The van der Waals surface area contributed by atoms with Gasteiger partial charge in [0.1, 0.15) is 11.6 Å². The number of benzene rings is 5. The number of aromatic hydroxyl groups is 1. The molecule has 1 fully saturated rings. The predicted molar refractivity (Wildman–Crippen MR) is 182 cm³/mol. The molecule has 6 heteroatoms. The standard InChI is InChI=1S/C39H32N4O2/c44-31-18-14-25-10-7-13-35(32(25)24-31)42-39(45)29-17-21-37-36(23-29)41-38(43(37)30-11-5-2-6-12-30)28-16-20-34-27(22-28)15-19-33(40-34)26-8-3-1-4-9-26/h1,3-4,7-10,13-24,30,44H,2,5-6,11-12H2,(H,42,45). The van der Waals surface area contributed by atoms with Crippen molar-refractivity contribution < 1.29 is 9.90 Å². The molecule has 220 valence electrons. The molecule has 0 saturated heterocycles. The molecular weight excluding hydrogens is 556 g/mol. The highest BCUT2D eigenvalue weighted by Crippen LogP contribution is 2.37. The Balaban J connectivity index is 1.18. The van der Waals surface area contributed by atoms with E-state index in [0.29, 0.717) is 17.3 Å². The van der Waals surface area contributed by atoms with Crippen LogP contribution in [0.5, 0.6) is 5.75 Å². The number of phenolic OH excluding ortho intramolecular Hbond substituents is 1. The van der Waals surface area contributed by atoms with Crippen molar-refractivity contribution >= 4 is 44.3 Å². The van der Waals surface area contributed by atoms with Gasteiger partial charge in [-0.3, -0.25) is 4.79 Å². The molecule has 2 aromatic heterocycles. The molecule has 2 heterocycles. The average Bonchev–Trinajstić information content (AvgIpc) is 3.48. The molecule has 8 rings (SSSR count). The van der Waals surface area contributed by atoms with Crippen LogP contribution in [0, 0.1) is 0 Å². The van der Waals surface area contributed by atoms with Gasteiger partial charge in [0, 0.05) is 39.2 Å². The van der Waals surface area contributed by atoms with Gasteiger partial charge in [-0.15, -0.1) is 0 Å². The van der Waals surface area contributed by atoms with Crippen molar-refractivity contribution in [1.29, 1.82) is 0 Å². The molecule has 5 aromatic carbocycles. The smallest absolute Gasteiger partial charge is 0.255 e. The lowest BCUT2D eigenvalue weighted by atomic mass is 9.94. The van der Waals surface area contributed by atoms with Crippen molar-refractivity contribution in [2.75, 3.05) is 5.32 Å². The minimum absolute atomic E-state index is 0.160. The number of phenols is 1. The zero-order chi connectivity index (χ0) is 30.3. The molecule has 7 aromatic rings. The van der Waals surface area contributed by atoms with E-state index in [0.717, 1.165) is 68.2 Å². The first-order valence-corrected chi connectivity index (χ1v) is 15.6. The first-order chi connectivity index (χ1) is 22.1. The number of rotatable bonds is 5. The molecule has 0 atom stereocenters.